The second-order valence-electron chi connectivity index (χ2n) is 6.29. The highest BCUT2D eigenvalue weighted by Gasteiger charge is 2.38. The van der Waals surface area contributed by atoms with Crippen LogP contribution in [0.25, 0.3) is 0 Å². The van der Waals surface area contributed by atoms with E-state index in [0.717, 1.165) is 18.8 Å². The molecule has 1 heteroatoms. The lowest BCUT2D eigenvalue weighted by Crippen LogP contribution is -2.33. The van der Waals surface area contributed by atoms with Gasteiger partial charge in [-0.1, -0.05) is 31.9 Å². The minimum Gasteiger partial charge on any atom is -0.300 e. The first-order valence-electron chi connectivity index (χ1n) is 6.64. The molecule has 0 spiro atoms. The Morgan fingerprint density at radius 3 is 2.50 bits per heavy atom. The van der Waals surface area contributed by atoms with Crippen LogP contribution in [0, 0.1) is 17.3 Å². The molecule has 2 aliphatic rings. The van der Waals surface area contributed by atoms with E-state index in [0.29, 0.717) is 17.1 Å². The van der Waals surface area contributed by atoms with Gasteiger partial charge in [-0.2, -0.15) is 0 Å². The summed E-state index contributed by atoms with van der Waals surface area (Å²) in [4.78, 5) is 11.5. The van der Waals surface area contributed by atoms with Gasteiger partial charge in [-0.15, -0.1) is 0 Å². The van der Waals surface area contributed by atoms with Crippen LogP contribution in [0.4, 0.5) is 0 Å². The van der Waals surface area contributed by atoms with Gasteiger partial charge in [0.2, 0.25) is 0 Å². The van der Waals surface area contributed by atoms with Gasteiger partial charge < -0.3 is 0 Å². The van der Waals surface area contributed by atoms with Gasteiger partial charge >= 0.3 is 0 Å². The van der Waals surface area contributed by atoms with Crippen molar-refractivity contribution in [3.05, 3.63) is 11.1 Å². The van der Waals surface area contributed by atoms with E-state index in [1.807, 2.05) is 0 Å². The fourth-order valence-electron chi connectivity index (χ4n) is 3.38. The molecule has 0 saturated carbocycles. The van der Waals surface area contributed by atoms with Crippen molar-refractivity contribution in [1.82, 2.24) is 0 Å². The van der Waals surface area contributed by atoms with Crippen molar-refractivity contribution in [2.75, 3.05) is 0 Å². The molecule has 90 valence electrons. The molecule has 0 heterocycles. The van der Waals surface area contributed by atoms with Gasteiger partial charge in [0.1, 0.15) is 5.78 Å². The van der Waals surface area contributed by atoms with Crippen LogP contribution >= 0.6 is 0 Å². The maximum Gasteiger partial charge on any atom is 0.133 e. The maximum atomic E-state index is 11.5. The first-order valence-corrected chi connectivity index (χ1v) is 6.64. The number of ketones is 1. The van der Waals surface area contributed by atoms with Crippen LogP contribution in [0.1, 0.15) is 59.8 Å². The lowest BCUT2D eigenvalue weighted by atomic mass is 9.61. The predicted molar refractivity (Wildman–Crippen MR) is 67.2 cm³/mol. The molecule has 0 saturated heterocycles. The number of hydrogen-bond donors (Lipinski definition) is 0. The molecule has 0 aromatic carbocycles. The summed E-state index contributed by atoms with van der Waals surface area (Å²) in [5.41, 5.74) is 3.63. The SMILES string of the molecule is CC(=O)[C@H]1CCC2=C(C1)C(C)(C)[C@H](C)CC2. The molecule has 0 bridgehead atoms. The molecule has 0 aliphatic heterocycles. The van der Waals surface area contributed by atoms with E-state index in [2.05, 4.69) is 20.8 Å². The van der Waals surface area contributed by atoms with Crippen LogP contribution in [-0.4, -0.2) is 5.78 Å². The van der Waals surface area contributed by atoms with E-state index in [1.54, 1.807) is 18.1 Å². The fraction of sp³-hybridized carbons (Fsp3) is 0.800. The Bertz CT molecular complexity index is 335. The number of allylic oxidation sites excluding steroid dienone is 2. The van der Waals surface area contributed by atoms with Crippen LogP contribution in [-0.2, 0) is 4.79 Å². The van der Waals surface area contributed by atoms with Crippen molar-refractivity contribution < 1.29 is 4.79 Å². The van der Waals surface area contributed by atoms with Crippen LogP contribution < -0.4 is 0 Å². The normalized spacial score (nSPS) is 33.5. The number of Topliss-reactive ketones (excluding diaryl/α,β-unsaturated/α-hetero) is 1. The quantitative estimate of drug-likeness (QED) is 0.607. The van der Waals surface area contributed by atoms with Gasteiger partial charge in [-0.05, 0) is 50.4 Å². The van der Waals surface area contributed by atoms with Crippen molar-refractivity contribution >= 4 is 5.78 Å². The smallest absolute Gasteiger partial charge is 0.133 e. The molecule has 2 atom stereocenters. The zero-order valence-electron chi connectivity index (χ0n) is 11.1. The van der Waals surface area contributed by atoms with Gasteiger partial charge in [0.15, 0.2) is 0 Å². The lowest BCUT2D eigenvalue weighted by Gasteiger charge is -2.44. The summed E-state index contributed by atoms with van der Waals surface area (Å²) in [7, 11) is 0. The molecular formula is C15H24O. The second-order valence-corrected chi connectivity index (χ2v) is 6.29. The third kappa shape index (κ3) is 1.85. The summed E-state index contributed by atoms with van der Waals surface area (Å²) < 4.78 is 0. The van der Waals surface area contributed by atoms with Crippen molar-refractivity contribution in [3.8, 4) is 0 Å². The van der Waals surface area contributed by atoms with Crippen LogP contribution in [0.3, 0.4) is 0 Å². The van der Waals surface area contributed by atoms with E-state index < -0.39 is 0 Å². The van der Waals surface area contributed by atoms with Crippen LogP contribution in [0.5, 0.6) is 0 Å². The Balaban J connectivity index is 2.29. The topological polar surface area (TPSA) is 17.1 Å². The number of hydrogen-bond acceptors (Lipinski definition) is 1. The molecule has 0 aromatic heterocycles. The molecule has 0 amide bonds. The third-order valence-electron chi connectivity index (χ3n) is 5.14. The monoisotopic (exact) mass is 220 g/mol. The minimum absolute atomic E-state index is 0.309. The second kappa shape index (κ2) is 4.01. The van der Waals surface area contributed by atoms with Gasteiger partial charge in [-0.3, -0.25) is 4.79 Å². The number of carbonyl (C=O) groups is 1. The Labute approximate surface area is 99.3 Å². The minimum atomic E-state index is 0.309. The Morgan fingerprint density at radius 1 is 1.25 bits per heavy atom. The van der Waals surface area contributed by atoms with Gasteiger partial charge in [-0.25, -0.2) is 0 Å². The van der Waals surface area contributed by atoms with E-state index in [1.165, 1.54) is 19.3 Å². The average molecular weight is 220 g/mol. The summed E-state index contributed by atoms with van der Waals surface area (Å²) in [6, 6.07) is 0. The van der Waals surface area contributed by atoms with Gasteiger partial charge in [0.05, 0.1) is 0 Å². The largest absolute Gasteiger partial charge is 0.300 e. The molecular weight excluding hydrogens is 196 g/mol. The number of rotatable bonds is 1. The number of carbonyl (C=O) groups excluding carboxylic acids is 1. The molecule has 1 nitrogen and oxygen atoms in total. The van der Waals surface area contributed by atoms with Crippen molar-refractivity contribution in [3.63, 3.8) is 0 Å². The lowest BCUT2D eigenvalue weighted by molar-refractivity contribution is -0.121. The van der Waals surface area contributed by atoms with E-state index in [-0.39, 0.29) is 0 Å². The van der Waals surface area contributed by atoms with Gasteiger partial charge in [0.25, 0.3) is 0 Å². The average Bonchev–Trinajstić information content (AvgIpc) is 2.23. The predicted octanol–water partition coefficient (Wildman–Crippen LogP) is 4.13. The molecule has 0 radical (unpaired) electrons. The maximum absolute atomic E-state index is 11.5. The van der Waals surface area contributed by atoms with Crippen molar-refractivity contribution in [1.29, 1.82) is 0 Å². The molecule has 0 aromatic rings. The first-order chi connectivity index (χ1) is 7.43. The molecule has 2 aliphatic carbocycles. The van der Waals surface area contributed by atoms with E-state index in [9.17, 15) is 4.79 Å². The van der Waals surface area contributed by atoms with Crippen LogP contribution in [0.2, 0.25) is 0 Å². The highest BCUT2D eigenvalue weighted by atomic mass is 16.1. The molecule has 0 unspecified atom stereocenters. The summed E-state index contributed by atoms with van der Waals surface area (Å²) >= 11 is 0. The Morgan fingerprint density at radius 2 is 1.88 bits per heavy atom. The molecule has 0 fully saturated rings. The molecule has 2 rings (SSSR count). The summed E-state index contributed by atoms with van der Waals surface area (Å²) in [5.74, 6) is 1.46. The highest BCUT2D eigenvalue weighted by molar-refractivity contribution is 5.79. The Hall–Kier alpha value is -0.590. The van der Waals surface area contributed by atoms with E-state index in [4.69, 9.17) is 0 Å². The fourth-order valence-corrected chi connectivity index (χ4v) is 3.38. The first kappa shape index (κ1) is 11.9. The van der Waals surface area contributed by atoms with Crippen molar-refractivity contribution in [2.24, 2.45) is 17.3 Å². The van der Waals surface area contributed by atoms with Gasteiger partial charge in [0, 0.05) is 5.92 Å². The molecule has 16 heavy (non-hydrogen) atoms. The zero-order valence-corrected chi connectivity index (χ0v) is 11.1. The van der Waals surface area contributed by atoms with Crippen LogP contribution in [0.15, 0.2) is 11.1 Å². The Kier molecular flexibility index (Phi) is 2.98. The summed E-state index contributed by atoms with van der Waals surface area (Å²) in [6.45, 7) is 8.86. The summed E-state index contributed by atoms with van der Waals surface area (Å²) in [5, 5.41) is 0. The standard InChI is InChI=1S/C15H24O/c1-10-5-6-12-7-8-13(11(2)16)9-14(12)15(10,3)4/h10,13H,5-9H2,1-4H3/t10-,13+/m1/s1. The zero-order chi connectivity index (χ0) is 11.9. The highest BCUT2D eigenvalue weighted by Crippen LogP contribution is 2.50. The molecule has 0 N–H and O–H groups in total. The van der Waals surface area contributed by atoms with E-state index >= 15 is 0 Å². The summed E-state index contributed by atoms with van der Waals surface area (Å²) in [6.07, 6.45) is 5.93. The van der Waals surface area contributed by atoms with Crippen molar-refractivity contribution in [2.45, 2.75) is 59.8 Å². The third-order valence-corrected chi connectivity index (χ3v) is 5.14.